The number of rotatable bonds is 6. The number of aromatic hydroxyl groups is 2. The summed E-state index contributed by atoms with van der Waals surface area (Å²) in [5.41, 5.74) is 19.1. The Labute approximate surface area is 219 Å². The fourth-order valence-corrected chi connectivity index (χ4v) is 4.22. The zero-order chi connectivity index (χ0) is 28.0. The maximum Gasteiger partial charge on any atom is 0.329 e. The molecule has 9 N–H and O–H groups in total. The lowest BCUT2D eigenvalue weighted by atomic mass is 9.95. The first-order chi connectivity index (χ1) is 18.0. The molecule has 2 aromatic rings. The van der Waals surface area contributed by atoms with E-state index in [2.05, 4.69) is 5.32 Å². The van der Waals surface area contributed by atoms with Crippen molar-refractivity contribution in [3.63, 3.8) is 0 Å². The monoisotopic (exact) mass is 527 g/mol. The van der Waals surface area contributed by atoms with Crippen molar-refractivity contribution in [1.29, 1.82) is 0 Å². The zero-order valence-electron chi connectivity index (χ0n) is 21.1. The van der Waals surface area contributed by atoms with Crippen LogP contribution in [0.2, 0.25) is 0 Å². The van der Waals surface area contributed by atoms with E-state index in [0.717, 1.165) is 4.90 Å². The lowest BCUT2D eigenvalue weighted by Gasteiger charge is -2.31. The van der Waals surface area contributed by atoms with Crippen molar-refractivity contribution in [2.45, 2.75) is 37.4 Å². The first-order valence-corrected chi connectivity index (χ1v) is 12.1. The molecule has 38 heavy (non-hydrogen) atoms. The molecule has 1 heterocycles. The SMILES string of the molecule is CN1C(=O)[C@H](CC(=O)CN)NC(=O)[C@@H](N)Cc2cc(ccc2O)-c2ccc(O)c(c2)C[C@H]1C(=O)OCCN. The van der Waals surface area contributed by atoms with Crippen LogP contribution in [0.4, 0.5) is 0 Å². The standard InChI is InChI=1S/C26H33N5O7/c1-31-21(26(37)38-7-6-27)11-17-9-15(3-5-23(17)34)14-2-4-22(33)16(8-14)10-19(29)24(35)30-20(25(31)36)12-18(32)13-28/h2-5,8-9,19-21,33-34H,6-7,10-13,27-29H2,1H3,(H,30,35)/t19-,20-,21-/m0/s1. The number of amides is 2. The molecule has 4 bridgehead atoms. The second kappa shape index (κ2) is 12.5. The number of ketones is 1. The number of nitrogens with two attached hydrogens (primary N) is 3. The van der Waals surface area contributed by atoms with Gasteiger partial charge in [-0.15, -0.1) is 0 Å². The summed E-state index contributed by atoms with van der Waals surface area (Å²) in [6.07, 6.45) is -0.627. The average Bonchev–Trinajstić information content (AvgIpc) is 2.90. The van der Waals surface area contributed by atoms with Gasteiger partial charge in [0.25, 0.3) is 0 Å². The van der Waals surface area contributed by atoms with E-state index in [1.54, 1.807) is 24.3 Å². The van der Waals surface area contributed by atoms with E-state index >= 15 is 0 Å². The number of nitrogens with zero attached hydrogens (tertiary/aromatic N) is 1. The molecule has 0 aliphatic carbocycles. The Kier molecular flexibility index (Phi) is 9.40. The molecule has 12 heteroatoms. The molecule has 0 saturated heterocycles. The van der Waals surface area contributed by atoms with Gasteiger partial charge in [0, 0.05) is 32.9 Å². The number of likely N-dealkylation sites (N-methyl/N-ethyl adjacent to an activating group) is 1. The van der Waals surface area contributed by atoms with Crippen LogP contribution in [-0.4, -0.2) is 83.5 Å². The molecule has 0 fully saturated rings. The first kappa shape index (κ1) is 28.6. The van der Waals surface area contributed by atoms with E-state index in [0.29, 0.717) is 22.3 Å². The topological polar surface area (TPSA) is 211 Å². The number of carbonyl (C=O) groups is 4. The molecule has 0 saturated carbocycles. The Morgan fingerprint density at radius 1 is 1.03 bits per heavy atom. The Bertz CT molecular complexity index is 1220. The molecule has 204 valence electrons. The maximum atomic E-state index is 13.5. The van der Waals surface area contributed by atoms with E-state index < -0.39 is 48.1 Å². The summed E-state index contributed by atoms with van der Waals surface area (Å²) in [5.74, 6) is -2.95. The smallest absolute Gasteiger partial charge is 0.329 e. The molecule has 0 aromatic heterocycles. The summed E-state index contributed by atoms with van der Waals surface area (Å²) in [7, 11) is 1.34. The highest BCUT2D eigenvalue weighted by molar-refractivity contribution is 5.96. The van der Waals surface area contributed by atoms with Gasteiger partial charge in [0.1, 0.15) is 36.0 Å². The number of esters is 1. The van der Waals surface area contributed by atoms with Gasteiger partial charge in [0.05, 0.1) is 12.6 Å². The molecule has 0 unspecified atom stereocenters. The highest BCUT2D eigenvalue weighted by Gasteiger charge is 2.35. The fraction of sp³-hybridized carbons (Fsp3) is 0.385. The van der Waals surface area contributed by atoms with Gasteiger partial charge >= 0.3 is 5.97 Å². The number of nitrogens with one attached hydrogen (secondary N) is 1. The van der Waals surface area contributed by atoms with Crippen LogP contribution < -0.4 is 22.5 Å². The number of hydrogen-bond acceptors (Lipinski definition) is 10. The van der Waals surface area contributed by atoms with Crippen molar-refractivity contribution in [3.05, 3.63) is 47.5 Å². The summed E-state index contributed by atoms with van der Waals surface area (Å²) in [6, 6.07) is 5.80. The second-order valence-corrected chi connectivity index (χ2v) is 9.13. The summed E-state index contributed by atoms with van der Waals surface area (Å²) in [5, 5.41) is 23.5. The molecule has 3 rings (SSSR count). The van der Waals surface area contributed by atoms with E-state index in [-0.39, 0.29) is 44.0 Å². The maximum absolute atomic E-state index is 13.5. The quantitative estimate of drug-likeness (QED) is 0.250. The highest BCUT2D eigenvalue weighted by Crippen LogP contribution is 2.31. The number of ether oxygens (including phenoxy) is 1. The summed E-state index contributed by atoms with van der Waals surface area (Å²) in [6.45, 7) is -0.402. The molecule has 3 atom stereocenters. The first-order valence-electron chi connectivity index (χ1n) is 12.1. The number of phenols is 2. The second-order valence-electron chi connectivity index (χ2n) is 9.13. The Morgan fingerprint density at radius 3 is 2.16 bits per heavy atom. The van der Waals surface area contributed by atoms with Gasteiger partial charge in [-0.25, -0.2) is 4.79 Å². The van der Waals surface area contributed by atoms with E-state index in [9.17, 15) is 29.4 Å². The Balaban J connectivity index is 2.15. The molecule has 2 aromatic carbocycles. The molecule has 0 spiro atoms. The summed E-state index contributed by atoms with van der Waals surface area (Å²) >= 11 is 0. The van der Waals surface area contributed by atoms with Crippen molar-refractivity contribution >= 4 is 23.6 Å². The van der Waals surface area contributed by atoms with Crippen LogP contribution in [-0.2, 0) is 36.8 Å². The van der Waals surface area contributed by atoms with Gasteiger partial charge in [-0.1, -0.05) is 12.1 Å². The predicted molar refractivity (Wildman–Crippen MR) is 138 cm³/mol. The third-order valence-corrected chi connectivity index (χ3v) is 6.41. The zero-order valence-corrected chi connectivity index (χ0v) is 21.1. The number of carbonyl (C=O) groups excluding carboxylic acids is 4. The number of fused-ring (bicyclic) bond motifs is 5. The minimum Gasteiger partial charge on any atom is -0.508 e. The van der Waals surface area contributed by atoms with Gasteiger partial charge < -0.3 is 42.4 Å². The van der Waals surface area contributed by atoms with E-state index in [1.807, 2.05) is 0 Å². The molecular weight excluding hydrogens is 494 g/mol. The molecule has 1 aliphatic rings. The lowest BCUT2D eigenvalue weighted by Crippen LogP contribution is -2.56. The number of phenolic OH excluding ortho intramolecular Hbond substituents is 2. The van der Waals surface area contributed by atoms with Crippen LogP contribution >= 0.6 is 0 Å². The van der Waals surface area contributed by atoms with Crippen LogP contribution in [0.3, 0.4) is 0 Å². The van der Waals surface area contributed by atoms with Crippen molar-refractivity contribution in [2.75, 3.05) is 26.7 Å². The molecule has 12 nitrogen and oxygen atoms in total. The molecule has 2 amide bonds. The number of Topliss-reactive ketones (excluding diaryl/α,β-unsaturated/α-hetero) is 1. The van der Waals surface area contributed by atoms with Crippen molar-refractivity contribution in [2.24, 2.45) is 17.2 Å². The number of hydrogen-bond donors (Lipinski definition) is 6. The lowest BCUT2D eigenvalue weighted by molar-refractivity contribution is -0.154. The number of benzene rings is 2. The third kappa shape index (κ3) is 6.65. The molecule has 0 radical (unpaired) electrons. The minimum absolute atomic E-state index is 0.0572. The van der Waals surface area contributed by atoms with Crippen LogP contribution in [0.1, 0.15) is 17.5 Å². The Hall–Kier alpha value is -4.00. The minimum atomic E-state index is -1.37. The van der Waals surface area contributed by atoms with Crippen LogP contribution in [0.25, 0.3) is 11.1 Å². The van der Waals surface area contributed by atoms with E-state index in [4.69, 9.17) is 21.9 Å². The van der Waals surface area contributed by atoms with Crippen LogP contribution in [0.15, 0.2) is 36.4 Å². The largest absolute Gasteiger partial charge is 0.508 e. The van der Waals surface area contributed by atoms with Crippen molar-refractivity contribution in [3.8, 4) is 22.6 Å². The van der Waals surface area contributed by atoms with Crippen LogP contribution in [0, 0.1) is 0 Å². The average molecular weight is 528 g/mol. The van der Waals surface area contributed by atoms with Gasteiger partial charge in [-0.05, 0) is 46.5 Å². The predicted octanol–water partition coefficient (Wildman–Crippen LogP) is -1.08. The van der Waals surface area contributed by atoms with E-state index in [1.165, 1.54) is 19.2 Å². The van der Waals surface area contributed by atoms with Gasteiger partial charge in [-0.2, -0.15) is 0 Å². The molecule has 1 aliphatic heterocycles. The summed E-state index contributed by atoms with van der Waals surface area (Å²) in [4.78, 5) is 52.8. The van der Waals surface area contributed by atoms with Gasteiger partial charge in [0.15, 0.2) is 0 Å². The van der Waals surface area contributed by atoms with Crippen LogP contribution in [0.5, 0.6) is 11.5 Å². The normalized spacial score (nSPS) is 20.2. The fourth-order valence-electron chi connectivity index (χ4n) is 4.22. The van der Waals surface area contributed by atoms with Gasteiger partial charge in [0.2, 0.25) is 11.8 Å². The van der Waals surface area contributed by atoms with Crippen molar-refractivity contribution in [1.82, 2.24) is 10.2 Å². The Morgan fingerprint density at radius 2 is 1.61 bits per heavy atom. The highest BCUT2D eigenvalue weighted by atomic mass is 16.5. The third-order valence-electron chi connectivity index (χ3n) is 6.41. The molecular formula is C26H33N5O7. The van der Waals surface area contributed by atoms with Crippen molar-refractivity contribution < 1.29 is 34.1 Å². The summed E-state index contributed by atoms with van der Waals surface area (Å²) < 4.78 is 5.21. The van der Waals surface area contributed by atoms with Gasteiger partial charge in [-0.3, -0.25) is 14.4 Å².